The zero-order valence-corrected chi connectivity index (χ0v) is 7.50. The lowest BCUT2D eigenvalue weighted by Gasteiger charge is -2.30. The van der Waals surface area contributed by atoms with Gasteiger partial charge >= 0.3 is 0 Å². The molecule has 1 nitrogen and oxygen atoms in total. The normalized spacial score (nSPS) is 40.7. The van der Waals surface area contributed by atoms with Crippen LogP contribution in [0.25, 0.3) is 0 Å². The van der Waals surface area contributed by atoms with Gasteiger partial charge in [-0.1, -0.05) is 6.92 Å². The van der Waals surface area contributed by atoms with E-state index >= 15 is 0 Å². The summed E-state index contributed by atoms with van der Waals surface area (Å²) >= 11 is 7.82. The molecule has 0 bridgehead atoms. The lowest BCUT2D eigenvalue weighted by Crippen LogP contribution is -2.34. The van der Waals surface area contributed by atoms with Crippen molar-refractivity contribution in [1.29, 1.82) is 5.26 Å². The zero-order valence-electron chi connectivity index (χ0n) is 5.93. The molecule has 0 saturated carbocycles. The van der Waals surface area contributed by atoms with Crippen molar-refractivity contribution in [3.8, 4) is 6.07 Å². The maximum absolute atomic E-state index is 8.73. The van der Waals surface area contributed by atoms with Crippen LogP contribution in [-0.4, -0.2) is 15.9 Å². The number of halogens is 1. The minimum atomic E-state index is -0.580. The summed E-state index contributed by atoms with van der Waals surface area (Å²) in [6.07, 6.45) is 1.92. The van der Waals surface area contributed by atoms with E-state index in [1.165, 1.54) is 0 Å². The average molecular weight is 176 g/mol. The van der Waals surface area contributed by atoms with Crippen LogP contribution in [0.5, 0.6) is 0 Å². The van der Waals surface area contributed by atoms with Crippen LogP contribution >= 0.6 is 23.4 Å². The number of hydrogen-bond donors (Lipinski definition) is 0. The molecule has 1 saturated heterocycles. The lowest BCUT2D eigenvalue weighted by atomic mass is 10.0. The molecule has 0 aromatic heterocycles. The Bertz CT molecular complexity index is 165. The molecular weight excluding hydrogens is 166 g/mol. The molecule has 1 aliphatic heterocycles. The molecule has 0 aromatic rings. The molecule has 0 aromatic carbocycles. The standard InChI is InChI=1S/C7H10ClNS/c1-6-7(8,5-9)3-2-4-10-6/h6H,2-4H2,1H3. The molecule has 56 valence electrons. The predicted molar refractivity (Wildman–Crippen MR) is 45.4 cm³/mol. The second-order valence-electron chi connectivity index (χ2n) is 2.59. The van der Waals surface area contributed by atoms with Crippen LogP contribution in [0, 0.1) is 11.3 Å². The van der Waals surface area contributed by atoms with Crippen LogP contribution in [0.2, 0.25) is 0 Å². The average Bonchev–Trinajstić information content (AvgIpc) is 1.96. The quantitative estimate of drug-likeness (QED) is 0.528. The minimum absolute atomic E-state index is 0.285. The Morgan fingerprint density at radius 1 is 1.80 bits per heavy atom. The molecule has 2 unspecified atom stereocenters. The van der Waals surface area contributed by atoms with E-state index < -0.39 is 4.87 Å². The Hall–Kier alpha value is 0.130. The summed E-state index contributed by atoms with van der Waals surface area (Å²) in [5.41, 5.74) is 0. The number of nitrogens with zero attached hydrogens (tertiary/aromatic N) is 1. The summed E-state index contributed by atoms with van der Waals surface area (Å²) in [5, 5.41) is 9.01. The topological polar surface area (TPSA) is 23.8 Å². The van der Waals surface area contributed by atoms with Gasteiger partial charge in [0.25, 0.3) is 0 Å². The minimum Gasteiger partial charge on any atom is -0.196 e. The fraction of sp³-hybridized carbons (Fsp3) is 0.857. The van der Waals surface area contributed by atoms with Gasteiger partial charge in [0.15, 0.2) is 0 Å². The fourth-order valence-electron chi connectivity index (χ4n) is 1.07. The summed E-state index contributed by atoms with van der Waals surface area (Å²) in [6, 6.07) is 2.17. The van der Waals surface area contributed by atoms with Gasteiger partial charge in [-0.2, -0.15) is 17.0 Å². The Morgan fingerprint density at radius 2 is 2.50 bits per heavy atom. The smallest absolute Gasteiger partial charge is 0.142 e. The van der Waals surface area contributed by atoms with Gasteiger partial charge in [0.05, 0.1) is 6.07 Å². The highest BCUT2D eigenvalue weighted by molar-refractivity contribution is 8.00. The van der Waals surface area contributed by atoms with Crippen LogP contribution in [0.15, 0.2) is 0 Å². The molecule has 0 aliphatic carbocycles. The number of thioether (sulfide) groups is 1. The zero-order chi connectivity index (χ0) is 7.61. The van der Waals surface area contributed by atoms with Crippen molar-refractivity contribution >= 4 is 23.4 Å². The Kier molecular flexibility index (Phi) is 2.49. The van der Waals surface area contributed by atoms with Crippen LogP contribution in [0.4, 0.5) is 0 Å². The van der Waals surface area contributed by atoms with Gasteiger partial charge in [-0.15, -0.1) is 11.6 Å². The predicted octanol–water partition coefficient (Wildman–Crippen LogP) is 2.40. The molecular formula is C7H10ClNS. The SMILES string of the molecule is CC1SCCCC1(Cl)C#N. The largest absolute Gasteiger partial charge is 0.196 e. The molecule has 0 N–H and O–H groups in total. The Balaban J connectivity index is 2.65. The second kappa shape index (κ2) is 3.02. The number of rotatable bonds is 0. The van der Waals surface area contributed by atoms with Crippen molar-refractivity contribution in [3.05, 3.63) is 0 Å². The van der Waals surface area contributed by atoms with Crippen LogP contribution in [0.1, 0.15) is 19.8 Å². The molecule has 1 rings (SSSR count). The van der Waals surface area contributed by atoms with E-state index in [1.807, 2.05) is 6.92 Å². The highest BCUT2D eigenvalue weighted by Crippen LogP contribution is 2.38. The maximum Gasteiger partial charge on any atom is 0.142 e. The van der Waals surface area contributed by atoms with Gasteiger partial charge in [-0.05, 0) is 18.6 Å². The van der Waals surface area contributed by atoms with E-state index in [0.717, 1.165) is 18.6 Å². The molecule has 0 spiro atoms. The summed E-state index contributed by atoms with van der Waals surface area (Å²) in [6.45, 7) is 2.03. The third-order valence-electron chi connectivity index (χ3n) is 1.88. The maximum atomic E-state index is 8.73. The van der Waals surface area contributed by atoms with Gasteiger partial charge in [0.1, 0.15) is 4.87 Å². The molecule has 1 heterocycles. The first kappa shape index (κ1) is 8.23. The van der Waals surface area contributed by atoms with E-state index in [-0.39, 0.29) is 5.25 Å². The van der Waals surface area contributed by atoms with E-state index in [1.54, 1.807) is 11.8 Å². The lowest BCUT2D eigenvalue weighted by molar-refractivity contribution is 0.606. The fourth-order valence-corrected chi connectivity index (χ4v) is 2.49. The summed E-state index contributed by atoms with van der Waals surface area (Å²) < 4.78 is 0. The third kappa shape index (κ3) is 1.41. The Morgan fingerprint density at radius 3 is 2.90 bits per heavy atom. The molecule has 1 fully saturated rings. The monoisotopic (exact) mass is 175 g/mol. The molecule has 0 radical (unpaired) electrons. The van der Waals surface area contributed by atoms with Gasteiger partial charge < -0.3 is 0 Å². The van der Waals surface area contributed by atoms with E-state index in [0.29, 0.717) is 0 Å². The number of hydrogen-bond acceptors (Lipinski definition) is 2. The van der Waals surface area contributed by atoms with Crippen LogP contribution in [0.3, 0.4) is 0 Å². The molecule has 10 heavy (non-hydrogen) atoms. The second-order valence-corrected chi connectivity index (χ2v) is 4.71. The van der Waals surface area contributed by atoms with Crippen molar-refractivity contribution in [3.63, 3.8) is 0 Å². The van der Waals surface area contributed by atoms with E-state index in [2.05, 4.69) is 6.07 Å². The molecule has 0 amide bonds. The molecule has 3 heteroatoms. The van der Waals surface area contributed by atoms with E-state index in [4.69, 9.17) is 16.9 Å². The highest BCUT2D eigenvalue weighted by atomic mass is 35.5. The van der Waals surface area contributed by atoms with Crippen molar-refractivity contribution in [1.82, 2.24) is 0 Å². The summed E-state index contributed by atoms with van der Waals surface area (Å²) in [5.74, 6) is 1.15. The first-order valence-electron chi connectivity index (χ1n) is 3.41. The van der Waals surface area contributed by atoms with Crippen molar-refractivity contribution in [2.24, 2.45) is 0 Å². The third-order valence-corrected chi connectivity index (χ3v) is 4.04. The van der Waals surface area contributed by atoms with E-state index in [9.17, 15) is 0 Å². The van der Waals surface area contributed by atoms with Crippen LogP contribution in [-0.2, 0) is 0 Å². The van der Waals surface area contributed by atoms with Gasteiger partial charge in [0, 0.05) is 5.25 Å². The first-order chi connectivity index (χ1) is 4.69. The highest BCUT2D eigenvalue weighted by Gasteiger charge is 2.36. The Labute approximate surface area is 70.7 Å². The first-order valence-corrected chi connectivity index (χ1v) is 4.83. The van der Waals surface area contributed by atoms with Crippen molar-refractivity contribution in [2.75, 3.05) is 5.75 Å². The van der Waals surface area contributed by atoms with Crippen LogP contribution < -0.4 is 0 Å². The molecule has 1 aliphatic rings. The molecule has 2 atom stereocenters. The number of nitriles is 1. The van der Waals surface area contributed by atoms with Gasteiger partial charge in [-0.3, -0.25) is 0 Å². The van der Waals surface area contributed by atoms with Gasteiger partial charge in [0.2, 0.25) is 0 Å². The van der Waals surface area contributed by atoms with Crippen molar-refractivity contribution < 1.29 is 0 Å². The summed E-state index contributed by atoms with van der Waals surface area (Å²) in [7, 11) is 0. The van der Waals surface area contributed by atoms with Crippen molar-refractivity contribution in [2.45, 2.75) is 29.9 Å². The summed E-state index contributed by atoms with van der Waals surface area (Å²) in [4.78, 5) is -0.580. The van der Waals surface area contributed by atoms with Gasteiger partial charge in [-0.25, -0.2) is 0 Å². The number of alkyl halides is 1.